The lowest BCUT2D eigenvalue weighted by atomic mass is 10.2. The van der Waals surface area contributed by atoms with Crippen LogP contribution in [0.25, 0.3) is 0 Å². The number of rotatable bonds is 8. The molecule has 1 aromatic carbocycles. The summed E-state index contributed by atoms with van der Waals surface area (Å²) in [5.74, 6) is 1.12. The molecule has 0 fully saturated rings. The lowest BCUT2D eigenvalue weighted by Gasteiger charge is -2.15. The van der Waals surface area contributed by atoms with E-state index in [2.05, 4.69) is 19.2 Å². The summed E-state index contributed by atoms with van der Waals surface area (Å²) in [6, 6.07) is 4.68. The second-order valence-corrected chi connectivity index (χ2v) is 4.83. The van der Waals surface area contributed by atoms with Gasteiger partial charge in [0, 0.05) is 24.6 Å². The maximum absolute atomic E-state index is 10.6. The van der Waals surface area contributed by atoms with E-state index in [-0.39, 0.29) is 5.69 Å². The summed E-state index contributed by atoms with van der Waals surface area (Å²) >= 11 is 0. The van der Waals surface area contributed by atoms with E-state index in [9.17, 15) is 10.1 Å². The molecule has 5 nitrogen and oxygen atoms in total. The van der Waals surface area contributed by atoms with E-state index >= 15 is 0 Å². The smallest absolute Gasteiger partial charge is 0.269 e. The molecule has 1 N–H and O–H groups in total. The number of non-ortho nitro benzene ring substituents is 1. The molecule has 1 rings (SSSR count). The summed E-state index contributed by atoms with van der Waals surface area (Å²) in [6.07, 6.45) is 1.12. The van der Waals surface area contributed by atoms with Gasteiger partial charge in [0.25, 0.3) is 5.69 Å². The van der Waals surface area contributed by atoms with E-state index in [0.717, 1.165) is 25.1 Å². The monoisotopic (exact) mass is 266 g/mol. The minimum Gasteiger partial charge on any atom is -0.493 e. The Kier molecular flexibility index (Phi) is 6.29. The predicted octanol–water partition coefficient (Wildman–Crippen LogP) is 2.92. The van der Waals surface area contributed by atoms with Crippen LogP contribution in [0.4, 0.5) is 5.69 Å². The molecule has 0 spiro atoms. The Morgan fingerprint density at radius 1 is 1.47 bits per heavy atom. The first-order chi connectivity index (χ1) is 9.04. The number of nitrogens with one attached hydrogen (secondary N) is 1. The zero-order valence-corrected chi connectivity index (χ0v) is 11.8. The molecule has 19 heavy (non-hydrogen) atoms. The fourth-order valence-corrected chi connectivity index (χ4v) is 1.73. The highest BCUT2D eigenvalue weighted by Crippen LogP contribution is 2.23. The summed E-state index contributed by atoms with van der Waals surface area (Å²) in [5.41, 5.74) is 0.894. The summed E-state index contributed by atoms with van der Waals surface area (Å²) in [7, 11) is 0. The minimum absolute atomic E-state index is 0.0995. The van der Waals surface area contributed by atoms with Crippen molar-refractivity contribution < 1.29 is 9.66 Å². The fourth-order valence-electron chi connectivity index (χ4n) is 1.73. The van der Waals surface area contributed by atoms with Crippen LogP contribution in [-0.4, -0.2) is 24.6 Å². The Balaban J connectivity index is 2.47. The Bertz CT molecular complexity index is 421. The van der Waals surface area contributed by atoms with Crippen molar-refractivity contribution in [1.82, 2.24) is 5.32 Å². The van der Waals surface area contributed by atoms with Crippen LogP contribution in [0.1, 0.15) is 25.8 Å². The number of hydrogen-bond donors (Lipinski definition) is 1. The minimum atomic E-state index is -0.395. The molecule has 0 saturated heterocycles. The second kappa shape index (κ2) is 7.74. The molecule has 0 heterocycles. The van der Waals surface area contributed by atoms with Gasteiger partial charge in [0.1, 0.15) is 5.75 Å². The molecule has 0 aliphatic carbocycles. The van der Waals surface area contributed by atoms with E-state index in [4.69, 9.17) is 4.74 Å². The zero-order valence-electron chi connectivity index (χ0n) is 11.8. The zero-order chi connectivity index (χ0) is 14.3. The molecule has 0 radical (unpaired) electrons. The highest BCUT2D eigenvalue weighted by atomic mass is 16.6. The lowest BCUT2D eigenvalue weighted by Crippen LogP contribution is -2.25. The van der Waals surface area contributed by atoms with Gasteiger partial charge in [0.15, 0.2) is 0 Å². The first-order valence-corrected chi connectivity index (χ1v) is 6.63. The number of aryl methyl sites for hydroxylation is 1. The number of nitrogens with zero attached hydrogens (tertiary/aromatic N) is 1. The van der Waals surface area contributed by atoms with Crippen LogP contribution >= 0.6 is 0 Å². The SMILES string of the molecule is CCCNCC(C)COc1ccc([N+](=O)[O-])cc1C. The van der Waals surface area contributed by atoms with Crippen molar-refractivity contribution in [2.75, 3.05) is 19.7 Å². The van der Waals surface area contributed by atoms with Crippen LogP contribution in [0.2, 0.25) is 0 Å². The third-order valence-corrected chi connectivity index (χ3v) is 2.81. The van der Waals surface area contributed by atoms with Crippen LogP contribution in [-0.2, 0) is 0 Å². The van der Waals surface area contributed by atoms with E-state index < -0.39 is 4.92 Å². The van der Waals surface area contributed by atoms with Crippen molar-refractivity contribution in [1.29, 1.82) is 0 Å². The maximum atomic E-state index is 10.6. The van der Waals surface area contributed by atoms with E-state index in [1.54, 1.807) is 6.07 Å². The van der Waals surface area contributed by atoms with Gasteiger partial charge in [0.05, 0.1) is 11.5 Å². The first-order valence-electron chi connectivity index (χ1n) is 6.63. The van der Waals surface area contributed by atoms with Gasteiger partial charge in [-0.05, 0) is 31.5 Å². The average molecular weight is 266 g/mol. The van der Waals surface area contributed by atoms with Gasteiger partial charge in [-0.2, -0.15) is 0 Å². The molecule has 0 bridgehead atoms. The van der Waals surface area contributed by atoms with Gasteiger partial charge >= 0.3 is 0 Å². The third kappa shape index (κ3) is 5.26. The molecule has 0 saturated carbocycles. The Morgan fingerprint density at radius 2 is 2.21 bits per heavy atom. The van der Waals surface area contributed by atoms with Crippen LogP contribution < -0.4 is 10.1 Å². The van der Waals surface area contributed by atoms with Crippen LogP contribution in [0.15, 0.2) is 18.2 Å². The first kappa shape index (κ1) is 15.4. The van der Waals surface area contributed by atoms with E-state index in [1.165, 1.54) is 12.1 Å². The highest BCUT2D eigenvalue weighted by Gasteiger charge is 2.10. The molecule has 5 heteroatoms. The number of ether oxygens (including phenoxy) is 1. The van der Waals surface area contributed by atoms with Crippen molar-refractivity contribution in [2.45, 2.75) is 27.2 Å². The van der Waals surface area contributed by atoms with Gasteiger partial charge < -0.3 is 10.1 Å². The lowest BCUT2D eigenvalue weighted by molar-refractivity contribution is -0.384. The molecular formula is C14H22N2O3. The molecule has 106 valence electrons. The summed E-state index contributed by atoms with van der Waals surface area (Å²) < 4.78 is 5.70. The summed E-state index contributed by atoms with van der Waals surface area (Å²) in [6.45, 7) is 8.61. The van der Waals surface area contributed by atoms with Crippen molar-refractivity contribution in [3.8, 4) is 5.75 Å². The number of nitro benzene ring substituents is 1. The molecule has 0 aromatic heterocycles. The third-order valence-electron chi connectivity index (χ3n) is 2.81. The van der Waals surface area contributed by atoms with Crippen LogP contribution in [0.3, 0.4) is 0 Å². The fraction of sp³-hybridized carbons (Fsp3) is 0.571. The van der Waals surface area contributed by atoms with Crippen molar-refractivity contribution >= 4 is 5.69 Å². The van der Waals surface area contributed by atoms with Gasteiger partial charge in [-0.15, -0.1) is 0 Å². The molecule has 0 aliphatic heterocycles. The van der Waals surface area contributed by atoms with Gasteiger partial charge in [-0.1, -0.05) is 13.8 Å². The highest BCUT2D eigenvalue weighted by molar-refractivity contribution is 5.42. The normalized spacial score (nSPS) is 12.2. The van der Waals surface area contributed by atoms with Crippen LogP contribution in [0.5, 0.6) is 5.75 Å². The van der Waals surface area contributed by atoms with Crippen molar-refractivity contribution in [2.24, 2.45) is 5.92 Å². The average Bonchev–Trinajstić information content (AvgIpc) is 2.37. The number of hydrogen-bond acceptors (Lipinski definition) is 4. The van der Waals surface area contributed by atoms with Gasteiger partial charge in [-0.25, -0.2) is 0 Å². The Hall–Kier alpha value is -1.62. The molecule has 0 aliphatic rings. The molecule has 1 atom stereocenters. The van der Waals surface area contributed by atoms with Gasteiger partial charge in [-0.3, -0.25) is 10.1 Å². The van der Waals surface area contributed by atoms with E-state index in [0.29, 0.717) is 18.3 Å². The number of nitro groups is 1. The maximum Gasteiger partial charge on any atom is 0.269 e. The molecule has 1 aromatic rings. The summed E-state index contributed by atoms with van der Waals surface area (Å²) in [4.78, 5) is 10.2. The van der Waals surface area contributed by atoms with Crippen molar-refractivity contribution in [3.63, 3.8) is 0 Å². The van der Waals surface area contributed by atoms with E-state index in [1.807, 2.05) is 6.92 Å². The molecule has 1 unspecified atom stereocenters. The predicted molar refractivity (Wildman–Crippen MR) is 75.7 cm³/mol. The second-order valence-electron chi connectivity index (χ2n) is 4.83. The number of benzene rings is 1. The Labute approximate surface area is 114 Å². The standard InChI is InChI=1S/C14H22N2O3/c1-4-7-15-9-11(2)10-19-14-6-5-13(16(17)18)8-12(14)3/h5-6,8,11,15H,4,7,9-10H2,1-3H3. The quantitative estimate of drug-likeness (QED) is 0.446. The largest absolute Gasteiger partial charge is 0.493 e. The molecular weight excluding hydrogens is 244 g/mol. The van der Waals surface area contributed by atoms with Crippen LogP contribution in [0, 0.1) is 23.0 Å². The van der Waals surface area contributed by atoms with Gasteiger partial charge in [0.2, 0.25) is 0 Å². The Morgan fingerprint density at radius 3 is 2.79 bits per heavy atom. The molecule has 0 amide bonds. The topological polar surface area (TPSA) is 64.4 Å². The van der Waals surface area contributed by atoms with Crippen molar-refractivity contribution in [3.05, 3.63) is 33.9 Å². The summed E-state index contributed by atoms with van der Waals surface area (Å²) in [5, 5.41) is 14.0.